The number of aliphatic carboxylic acids is 1. The van der Waals surface area contributed by atoms with Gasteiger partial charge in [-0.3, -0.25) is 0 Å². The minimum absolute atomic E-state index is 0.0611. The molecule has 0 aliphatic carbocycles. The van der Waals surface area contributed by atoms with Crippen LogP contribution in [0.4, 0.5) is 0 Å². The van der Waals surface area contributed by atoms with Gasteiger partial charge in [-0.05, 0) is 49.9 Å². The van der Waals surface area contributed by atoms with E-state index in [1.54, 1.807) is 0 Å². The first-order valence-corrected chi connectivity index (χ1v) is 6.10. The quantitative estimate of drug-likeness (QED) is 0.815. The van der Waals surface area contributed by atoms with Crippen molar-refractivity contribution in [1.82, 2.24) is 0 Å². The standard InChI is InChI=1S/C15H17NO2/c1-9-6-10(2)15-13(7-9)12(4-5-14(17)18)8-11(3)16-15/h6-8H,4-5H2,1-3H3,(H,17,18). The van der Waals surface area contributed by atoms with Gasteiger partial charge in [0.15, 0.2) is 5.69 Å². The number of carboxylic acids is 1. The highest BCUT2D eigenvalue weighted by Gasteiger charge is 2.12. The zero-order chi connectivity index (χ0) is 13.3. The molecular formula is C15H17NO2. The predicted octanol–water partition coefficient (Wildman–Crippen LogP) is 1.26. The summed E-state index contributed by atoms with van der Waals surface area (Å²) in [4.78, 5) is 14.0. The van der Waals surface area contributed by atoms with Gasteiger partial charge in [0.1, 0.15) is 0 Å². The lowest BCUT2D eigenvalue weighted by Gasteiger charge is -2.07. The normalized spacial score (nSPS) is 10.8. The number of H-pyrrole nitrogens is 1. The van der Waals surface area contributed by atoms with Crippen molar-refractivity contribution in [2.45, 2.75) is 33.6 Å². The van der Waals surface area contributed by atoms with E-state index in [0.29, 0.717) is 6.42 Å². The van der Waals surface area contributed by atoms with E-state index >= 15 is 0 Å². The smallest absolute Gasteiger partial charge is 0.214 e. The Hall–Kier alpha value is -1.90. The van der Waals surface area contributed by atoms with Crippen LogP contribution in [0.3, 0.4) is 0 Å². The molecule has 94 valence electrons. The maximum Gasteiger partial charge on any atom is 0.214 e. The third-order valence-corrected chi connectivity index (χ3v) is 3.14. The number of carbonyl (C=O) groups excluding carboxylic acids is 1. The molecule has 0 radical (unpaired) electrons. The van der Waals surface area contributed by atoms with Crippen LogP contribution in [-0.2, 0) is 11.2 Å². The van der Waals surface area contributed by atoms with Crippen LogP contribution in [0.5, 0.6) is 0 Å². The molecule has 0 atom stereocenters. The number of aromatic nitrogens is 1. The van der Waals surface area contributed by atoms with Gasteiger partial charge in [-0.1, -0.05) is 0 Å². The molecule has 0 bridgehead atoms. The molecule has 0 spiro atoms. The van der Waals surface area contributed by atoms with Crippen molar-refractivity contribution >= 4 is 16.9 Å². The van der Waals surface area contributed by atoms with Crippen LogP contribution in [0.1, 0.15) is 28.8 Å². The van der Waals surface area contributed by atoms with Crippen molar-refractivity contribution in [3.8, 4) is 0 Å². The molecule has 1 N–H and O–H groups in total. The Labute approximate surface area is 106 Å². The summed E-state index contributed by atoms with van der Waals surface area (Å²) in [5.74, 6) is -1.00. The highest BCUT2D eigenvalue weighted by atomic mass is 16.4. The SMILES string of the molecule is Cc1cc(C)c2[nH+]c(C)cc(CCC(=O)[O-])c2c1. The van der Waals surface area contributed by atoms with Crippen LogP contribution in [0, 0.1) is 20.8 Å². The van der Waals surface area contributed by atoms with Gasteiger partial charge in [0.2, 0.25) is 5.52 Å². The maximum absolute atomic E-state index is 10.6. The van der Waals surface area contributed by atoms with E-state index in [9.17, 15) is 9.90 Å². The summed E-state index contributed by atoms with van der Waals surface area (Å²) in [6.45, 7) is 6.10. The summed E-state index contributed by atoms with van der Waals surface area (Å²) >= 11 is 0. The molecule has 0 saturated carbocycles. The lowest BCUT2D eigenvalue weighted by atomic mass is 9.99. The number of nitrogens with one attached hydrogen (secondary N) is 1. The number of pyridine rings is 1. The summed E-state index contributed by atoms with van der Waals surface area (Å²) in [6.07, 6.45) is 0.572. The van der Waals surface area contributed by atoms with Crippen LogP contribution >= 0.6 is 0 Å². The number of carbonyl (C=O) groups is 1. The molecule has 1 aromatic heterocycles. The Morgan fingerprint density at radius 3 is 2.61 bits per heavy atom. The number of hydrogen-bond donors (Lipinski definition) is 0. The second-order valence-corrected chi connectivity index (χ2v) is 4.85. The topological polar surface area (TPSA) is 54.3 Å². The van der Waals surface area contributed by atoms with E-state index in [1.165, 1.54) is 11.1 Å². The second kappa shape index (κ2) is 4.77. The highest BCUT2D eigenvalue weighted by Crippen LogP contribution is 2.22. The van der Waals surface area contributed by atoms with Crippen molar-refractivity contribution in [2.75, 3.05) is 0 Å². The average Bonchev–Trinajstić information content (AvgIpc) is 2.27. The lowest BCUT2D eigenvalue weighted by molar-refractivity contribution is -0.355. The molecule has 18 heavy (non-hydrogen) atoms. The molecule has 0 fully saturated rings. The van der Waals surface area contributed by atoms with E-state index < -0.39 is 5.97 Å². The van der Waals surface area contributed by atoms with Crippen LogP contribution in [-0.4, -0.2) is 5.97 Å². The Balaban J connectivity index is 2.60. The molecule has 2 aromatic rings. The van der Waals surface area contributed by atoms with Crippen LogP contribution in [0.2, 0.25) is 0 Å². The van der Waals surface area contributed by atoms with Crippen LogP contribution in [0.15, 0.2) is 18.2 Å². The summed E-state index contributed by atoms with van der Waals surface area (Å²) < 4.78 is 0. The van der Waals surface area contributed by atoms with Gasteiger partial charge in [-0.2, -0.15) is 0 Å². The molecule has 3 nitrogen and oxygen atoms in total. The van der Waals surface area contributed by atoms with Gasteiger partial charge >= 0.3 is 0 Å². The van der Waals surface area contributed by atoms with E-state index in [-0.39, 0.29) is 6.42 Å². The second-order valence-electron chi connectivity index (χ2n) is 4.85. The Morgan fingerprint density at radius 2 is 1.94 bits per heavy atom. The van der Waals surface area contributed by atoms with E-state index in [1.807, 2.05) is 13.0 Å². The van der Waals surface area contributed by atoms with Crippen LogP contribution < -0.4 is 10.1 Å². The number of benzene rings is 1. The minimum atomic E-state index is -1.00. The van der Waals surface area contributed by atoms with E-state index in [0.717, 1.165) is 22.2 Å². The number of fused-ring (bicyclic) bond motifs is 1. The predicted molar refractivity (Wildman–Crippen MR) is 68.0 cm³/mol. The van der Waals surface area contributed by atoms with Crippen molar-refractivity contribution < 1.29 is 14.9 Å². The maximum atomic E-state index is 10.6. The third kappa shape index (κ3) is 2.50. The Morgan fingerprint density at radius 1 is 1.22 bits per heavy atom. The molecule has 1 heterocycles. The molecule has 2 rings (SSSR count). The fourth-order valence-corrected chi connectivity index (χ4v) is 2.40. The van der Waals surface area contributed by atoms with Crippen molar-refractivity contribution in [3.63, 3.8) is 0 Å². The Kier molecular flexibility index (Phi) is 3.32. The lowest BCUT2D eigenvalue weighted by Crippen LogP contribution is -2.22. The molecule has 0 amide bonds. The molecule has 0 aliphatic heterocycles. The average molecular weight is 243 g/mol. The van der Waals surface area contributed by atoms with Gasteiger partial charge < -0.3 is 9.90 Å². The number of carboxylic acid groups (broad SMARTS) is 1. The Bertz CT molecular complexity index is 617. The number of aromatic amines is 1. The number of rotatable bonds is 3. The van der Waals surface area contributed by atoms with Crippen LogP contribution in [0.25, 0.3) is 10.9 Å². The van der Waals surface area contributed by atoms with E-state index in [2.05, 4.69) is 31.0 Å². The largest absolute Gasteiger partial charge is 0.550 e. The van der Waals surface area contributed by atoms with Crippen molar-refractivity contribution in [1.29, 1.82) is 0 Å². The fourth-order valence-electron chi connectivity index (χ4n) is 2.40. The minimum Gasteiger partial charge on any atom is -0.550 e. The zero-order valence-electron chi connectivity index (χ0n) is 11.0. The zero-order valence-corrected chi connectivity index (χ0v) is 11.0. The molecule has 0 aliphatic rings. The third-order valence-electron chi connectivity index (χ3n) is 3.14. The molecular weight excluding hydrogens is 226 g/mol. The summed E-state index contributed by atoms with van der Waals surface area (Å²) in [5, 5.41) is 11.7. The van der Waals surface area contributed by atoms with Gasteiger partial charge in [0.05, 0.1) is 5.39 Å². The molecule has 0 unspecified atom stereocenters. The van der Waals surface area contributed by atoms with Gasteiger partial charge in [-0.15, -0.1) is 0 Å². The molecule has 0 saturated heterocycles. The summed E-state index contributed by atoms with van der Waals surface area (Å²) in [7, 11) is 0. The first-order chi connectivity index (χ1) is 8.47. The van der Waals surface area contributed by atoms with Gasteiger partial charge in [0, 0.05) is 24.5 Å². The number of aryl methyl sites for hydroxylation is 4. The molecule has 3 heteroatoms. The van der Waals surface area contributed by atoms with E-state index in [4.69, 9.17) is 0 Å². The first kappa shape index (κ1) is 12.6. The van der Waals surface area contributed by atoms with Gasteiger partial charge in [0.25, 0.3) is 0 Å². The van der Waals surface area contributed by atoms with Crippen molar-refractivity contribution in [2.24, 2.45) is 0 Å². The summed E-state index contributed by atoms with van der Waals surface area (Å²) in [6, 6.07) is 6.24. The summed E-state index contributed by atoms with van der Waals surface area (Å²) in [5.41, 5.74) is 5.57. The monoisotopic (exact) mass is 243 g/mol. The fraction of sp³-hybridized carbons (Fsp3) is 0.333. The first-order valence-electron chi connectivity index (χ1n) is 6.10. The van der Waals surface area contributed by atoms with Gasteiger partial charge in [-0.25, -0.2) is 4.98 Å². The molecule has 1 aromatic carbocycles. The van der Waals surface area contributed by atoms with Crippen molar-refractivity contribution in [3.05, 3.63) is 40.6 Å². The number of hydrogen-bond acceptors (Lipinski definition) is 2. The highest BCUT2D eigenvalue weighted by molar-refractivity contribution is 5.83.